The van der Waals surface area contributed by atoms with E-state index < -0.39 is 34.8 Å². The molecule has 0 aliphatic rings. The van der Waals surface area contributed by atoms with E-state index in [-0.39, 0.29) is 23.1 Å². The summed E-state index contributed by atoms with van der Waals surface area (Å²) >= 11 is 0.972. The van der Waals surface area contributed by atoms with Crippen LogP contribution >= 0.6 is 11.3 Å². The number of rotatable bonds is 5. The van der Waals surface area contributed by atoms with Gasteiger partial charge in [-0.3, -0.25) is 14.9 Å². The molecule has 0 atom stereocenters. The lowest BCUT2D eigenvalue weighted by atomic mass is 10.1. The maximum absolute atomic E-state index is 14.0. The van der Waals surface area contributed by atoms with Gasteiger partial charge in [0, 0.05) is 17.0 Å². The van der Waals surface area contributed by atoms with Gasteiger partial charge in [0.25, 0.3) is 5.91 Å². The van der Waals surface area contributed by atoms with E-state index >= 15 is 0 Å². The molecule has 2 aromatic heterocycles. The van der Waals surface area contributed by atoms with Crippen molar-refractivity contribution in [3.63, 3.8) is 0 Å². The largest absolute Gasteiger partial charge is 0.368 e. The Morgan fingerprint density at radius 1 is 1.26 bits per heavy atom. The summed E-state index contributed by atoms with van der Waals surface area (Å²) in [6.07, 6.45) is 1.21. The zero-order chi connectivity index (χ0) is 19.7. The molecule has 1 aromatic carbocycles. The van der Waals surface area contributed by atoms with E-state index in [0.29, 0.717) is 17.0 Å². The number of anilines is 1. The molecule has 0 radical (unpaired) electrons. The normalized spacial score (nSPS) is 10.8. The number of aryl methyl sites for hydroxylation is 1. The summed E-state index contributed by atoms with van der Waals surface area (Å²) in [7, 11) is 0. The molecule has 12 heteroatoms. The molecule has 0 fully saturated rings. The molecule has 3 rings (SSSR count). The van der Waals surface area contributed by atoms with Crippen molar-refractivity contribution in [3.8, 4) is 11.3 Å². The molecule has 0 spiro atoms. The van der Waals surface area contributed by atoms with Crippen molar-refractivity contribution in [2.24, 2.45) is 5.73 Å². The van der Waals surface area contributed by atoms with Crippen LogP contribution in [0.4, 0.5) is 18.3 Å². The number of nitrogens with one attached hydrogen (secondary N) is 1. The number of nitrogens with two attached hydrogens (primary N) is 1. The Bertz CT molecular complexity index is 1030. The van der Waals surface area contributed by atoms with E-state index in [1.807, 2.05) is 0 Å². The number of primary amides is 1. The van der Waals surface area contributed by atoms with E-state index in [4.69, 9.17) is 5.73 Å². The molecule has 3 N–H and O–H groups in total. The van der Waals surface area contributed by atoms with Crippen molar-refractivity contribution in [3.05, 3.63) is 46.4 Å². The number of aromatic nitrogens is 4. The van der Waals surface area contributed by atoms with Gasteiger partial charge in [0.05, 0.1) is 17.5 Å². The van der Waals surface area contributed by atoms with Gasteiger partial charge in [-0.2, -0.15) is 0 Å². The monoisotopic (exact) mass is 396 g/mol. The lowest BCUT2D eigenvalue weighted by molar-refractivity contribution is -0.118. The van der Waals surface area contributed by atoms with Gasteiger partial charge in [0.2, 0.25) is 5.91 Å². The Kier molecular flexibility index (Phi) is 4.90. The highest BCUT2D eigenvalue weighted by Crippen LogP contribution is 2.34. The first kappa shape index (κ1) is 18.5. The topological polar surface area (TPSA) is 116 Å². The van der Waals surface area contributed by atoms with Crippen molar-refractivity contribution in [2.45, 2.75) is 13.5 Å². The number of thiazole rings is 1. The van der Waals surface area contributed by atoms with Crippen molar-refractivity contribution in [1.82, 2.24) is 20.0 Å². The molecule has 0 aliphatic carbocycles. The molecule has 0 aliphatic heterocycles. The van der Waals surface area contributed by atoms with Gasteiger partial charge >= 0.3 is 0 Å². The number of hydrogen-bond acceptors (Lipinski definition) is 6. The minimum absolute atomic E-state index is 0.0531. The summed E-state index contributed by atoms with van der Waals surface area (Å²) in [6, 6.07) is 1.10. The molecule has 0 unspecified atom stereocenters. The Balaban J connectivity index is 1.84. The number of hydrogen-bond donors (Lipinski definition) is 2. The zero-order valence-electron chi connectivity index (χ0n) is 13.7. The van der Waals surface area contributed by atoms with Gasteiger partial charge in [-0.1, -0.05) is 5.21 Å². The second-order valence-corrected chi connectivity index (χ2v) is 6.59. The molecule has 2 amide bonds. The van der Waals surface area contributed by atoms with Crippen LogP contribution in [-0.4, -0.2) is 31.8 Å². The number of carbonyl (C=O) groups excluding carboxylic acids is 2. The fraction of sp³-hybridized carbons (Fsp3) is 0.133. The Morgan fingerprint density at radius 2 is 1.93 bits per heavy atom. The van der Waals surface area contributed by atoms with Gasteiger partial charge in [-0.05, 0) is 6.92 Å². The van der Waals surface area contributed by atoms with E-state index in [2.05, 4.69) is 20.6 Å². The molecule has 0 bridgehead atoms. The predicted octanol–water partition coefficient (Wildman–Crippen LogP) is 1.86. The molecule has 140 valence electrons. The first-order chi connectivity index (χ1) is 12.7. The smallest absolute Gasteiger partial charge is 0.279 e. The lowest BCUT2D eigenvalue weighted by Crippen LogP contribution is -2.19. The van der Waals surface area contributed by atoms with Crippen LogP contribution < -0.4 is 11.1 Å². The van der Waals surface area contributed by atoms with Crippen LogP contribution in [0.2, 0.25) is 0 Å². The van der Waals surface area contributed by atoms with Crippen LogP contribution in [0.15, 0.2) is 18.3 Å². The first-order valence-corrected chi connectivity index (χ1v) is 8.18. The maximum Gasteiger partial charge on any atom is 0.279 e. The van der Waals surface area contributed by atoms with Gasteiger partial charge in [0.1, 0.15) is 24.0 Å². The third-order valence-corrected chi connectivity index (χ3v) is 4.24. The fourth-order valence-electron chi connectivity index (χ4n) is 2.25. The van der Waals surface area contributed by atoms with Crippen LogP contribution in [0, 0.1) is 24.4 Å². The number of amides is 2. The number of benzene rings is 1. The molecule has 2 heterocycles. The minimum Gasteiger partial charge on any atom is -0.368 e. The van der Waals surface area contributed by atoms with Gasteiger partial charge < -0.3 is 5.73 Å². The highest BCUT2D eigenvalue weighted by atomic mass is 32.1. The van der Waals surface area contributed by atoms with Crippen LogP contribution in [0.25, 0.3) is 11.3 Å². The highest BCUT2D eigenvalue weighted by molar-refractivity contribution is 7.16. The molecular formula is C15H11F3N6O2S. The van der Waals surface area contributed by atoms with Crippen molar-refractivity contribution in [2.75, 3.05) is 5.32 Å². The Hall–Kier alpha value is -3.28. The van der Waals surface area contributed by atoms with Crippen LogP contribution in [0.5, 0.6) is 0 Å². The third-order valence-electron chi connectivity index (χ3n) is 3.35. The summed E-state index contributed by atoms with van der Waals surface area (Å²) < 4.78 is 42.1. The van der Waals surface area contributed by atoms with E-state index in [9.17, 15) is 22.8 Å². The van der Waals surface area contributed by atoms with E-state index in [1.165, 1.54) is 6.20 Å². The average molecular weight is 396 g/mol. The molecule has 8 nitrogen and oxygen atoms in total. The first-order valence-electron chi connectivity index (χ1n) is 7.36. The maximum atomic E-state index is 14.0. The third kappa shape index (κ3) is 3.95. The van der Waals surface area contributed by atoms with E-state index in [0.717, 1.165) is 16.0 Å². The second-order valence-electron chi connectivity index (χ2n) is 5.39. The summed E-state index contributed by atoms with van der Waals surface area (Å²) in [6.45, 7) is 1.30. The minimum atomic E-state index is -1.10. The zero-order valence-corrected chi connectivity index (χ0v) is 14.5. The van der Waals surface area contributed by atoms with Crippen molar-refractivity contribution in [1.29, 1.82) is 0 Å². The van der Waals surface area contributed by atoms with Crippen LogP contribution in [-0.2, 0) is 11.3 Å². The van der Waals surface area contributed by atoms with Crippen LogP contribution in [0.3, 0.4) is 0 Å². The standard InChI is InChI=1S/C15H11F3N6O2S/c1-6-13(12-8(17)2-7(16)3-9(12)18)20-15(27-6)21-14(26)10-4-24(23-22-10)5-11(19)25/h2-4H,5H2,1H3,(H2,19,25)(H,20,21,26). The number of carbonyl (C=O) groups is 2. The Labute approximate surface area is 153 Å². The summed E-state index contributed by atoms with van der Waals surface area (Å²) in [5.41, 5.74) is 4.37. The summed E-state index contributed by atoms with van der Waals surface area (Å²) in [5.74, 6) is -4.60. The predicted molar refractivity (Wildman–Crippen MR) is 89.3 cm³/mol. The van der Waals surface area contributed by atoms with Crippen molar-refractivity contribution < 1.29 is 22.8 Å². The number of nitrogens with zero attached hydrogens (tertiary/aromatic N) is 4. The van der Waals surface area contributed by atoms with Crippen LogP contribution in [0.1, 0.15) is 15.4 Å². The second kappa shape index (κ2) is 7.15. The Morgan fingerprint density at radius 3 is 2.56 bits per heavy atom. The molecule has 0 saturated heterocycles. The molecule has 27 heavy (non-hydrogen) atoms. The van der Waals surface area contributed by atoms with Gasteiger partial charge in [-0.15, -0.1) is 16.4 Å². The summed E-state index contributed by atoms with van der Waals surface area (Å²) in [4.78, 5) is 27.4. The quantitative estimate of drug-likeness (QED) is 0.683. The van der Waals surface area contributed by atoms with Gasteiger partial charge in [0.15, 0.2) is 10.8 Å². The molecular weight excluding hydrogens is 385 g/mol. The average Bonchev–Trinajstić information content (AvgIpc) is 3.13. The SMILES string of the molecule is Cc1sc(NC(=O)c2cn(CC(N)=O)nn2)nc1-c1c(F)cc(F)cc1F. The molecule has 3 aromatic rings. The fourth-order valence-corrected chi connectivity index (χ4v) is 3.07. The highest BCUT2D eigenvalue weighted by Gasteiger charge is 2.21. The molecule has 0 saturated carbocycles. The van der Waals surface area contributed by atoms with Crippen molar-refractivity contribution >= 4 is 28.3 Å². The lowest BCUT2D eigenvalue weighted by Gasteiger charge is -2.03. The van der Waals surface area contributed by atoms with E-state index in [1.54, 1.807) is 6.92 Å². The van der Waals surface area contributed by atoms with Gasteiger partial charge in [-0.25, -0.2) is 22.8 Å². The number of halogens is 3. The summed E-state index contributed by atoms with van der Waals surface area (Å²) in [5, 5.41) is 9.65.